The number of benzene rings is 1. The van der Waals surface area contributed by atoms with Gasteiger partial charge < -0.3 is 10.4 Å². The number of nitrogens with one attached hydrogen (secondary N) is 1. The monoisotopic (exact) mass is 231 g/mol. The van der Waals surface area contributed by atoms with E-state index in [0.29, 0.717) is 6.54 Å². The van der Waals surface area contributed by atoms with Crippen LogP contribution in [0.1, 0.15) is 31.7 Å². The molecule has 1 saturated heterocycles. The molecule has 2 heteroatoms. The molecule has 2 N–H and O–H groups in total. The molecule has 2 nitrogen and oxygen atoms in total. The molecule has 0 saturated carbocycles. The Labute approximate surface area is 103 Å². The summed E-state index contributed by atoms with van der Waals surface area (Å²) in [7, 11) is 0. The highest BCUT2D eigenvalue weighted by molar-refractivity contribution is 5.52. The van der Waals surface area contributed by atoms with E-state index >= 15 is 0 Å². The van der Waals surface area contributed by atoms with Crippen molar-refractivity contribution >= 4 is 6.08 Å². The van der Waals surface area contributed by atoms with Gasteiger partial charge in [0, 0.05) is 6.54 Å². The first-order valence-corrected chi connectivity index (χ1v) is 6.33. The van der Waals surface area contributed by atoms with Crippen LogP contribution in [0.2, 0.25) is 0 Å². The Bertz CT molecular complexity index is 377. The molecule has 1 fully saturated rings. The fraction of sp³-hybridized carbons (Fsp3) is 0.467. The number of β-amino-alcohol motifs (C(OH)–C–C–N with tert-alkyl or cyclic N) is 1. The molecule has 1 atom stereocenters. The molecule has 0 bridgehead atoms. The van der Waals surface area contributed by atoms with Crippen LogP contribution in [-0.4, -0.2) is 23.8 Å². The first-order chi connectivity index (χ1) is 8.18. The van der Waals surface area contributed by atoms with Gasteiger partial charge in [-0.05, 0) is 38.3 Å². The maximum absolute atomic E-state index is 10.4. The maximum Gasteiger partial charge on any atom is 0.0808 e. The van der Waals surface area contributed by atoms with Crippen LogP contribution in [0.5, 0.6) is 0 Å². The molecular weight excluding hydrogens is 210 g/mol. The Morgan fingerprint density at radius 3 is 2.82 bits per heavy atom. The number of aliphatic hydroxyl groups is 1. The van der Waals surface area contributed by atoms with Gasteiger partial charge in [-0.2, -0.15) is 0 Å². The Hall–Kier alpha value is -1.12. The molecule has 0 aliphatic carbocycles. The maximum atomic E-state index is 10.4. The van der Waals surface area contributed by atoms with Crippen molar-refractivity contribution in [3.63, 3.8) is 0 Å². The van der Waals surface area contributed by atoms with Crippen molar-refractivity contribution in [1.29, 1.82) is 0 Å². The fourth-order valence-electron chi connectivity index (χ4n) is 2.51. The van der Waals surface area contributed by atoms with E-state index in [0.717, 1.165) is 25.8 Å². The molecule has 1 aromatic carbocycles. The lowest BCUT2D eigenvalue weighted by Crippen LogP contribution is -2.45. The van der Waals surface area contributed by atoms with Crippen molar-refractivity contribution in [3.05, 3.63) is 41.5 Å². The van der Waals surface area contributed by atoms with Crippen molar-refractivity contribution in [1.82, 2.24) is 5.32 Å². The molecule has 0 amide bonds. The predicted molar refractivity (Wildman–Crippen MR) is 71.8 cm³/mol. The average Bonchev–Trinajstić information content (AvgIpc) is 2.30. The van der Waals surface area contributed by atoms with Crippen LogP contribution in [0.3, 0.4) is 0 Å². The number of rotatable bonds is 3. The first kappa shape index (κ1) is 12.3. The zero-order chi connectivity index (χ0) is 12.1. The van der Waals surface area contributed by atoms with Crippen molar-refractivity contribution in [2.45, 2.75) is 31.8 Å². The molecule has 1 unspecified atom stereocenters. The fourth-order valence-corrected chi connectivity index (χ4v) is 2.51. The molecule has 0 spiro atoms. The molecular formula is C15H21NO. The second kappa shape index (κ2) is 5.48. The lowest BCUT2D eigenvalue weighted by molar-refractivity contribution is 0.0172. The van der Waals surface area contributed by atoms with Gasteiger partial charge in [-0.1, -0.05) is 42.0 Å². The van der Waals surface area contributed by atoms with Crippen LogP contribution in [0.25, 0.3) is 6.08 Å². The summed E-state index contributed by atoms with van der Waals surface area (Å²) in [5.74, 6) is 0. The zero-order valence-corrected chi connectivity index (χ0v) is 10.4. The van der Waals surface area contributed by atoms with Gasteiger partial charge in [0.25, 0.3) is 0 Å². The molecule has 0 aromatic heterocycles. The van der Waals surface area contributed by atoms with Crippen molar-refractivity contribution < 1.29 is 5.11 Å². The summed E-state index contributed by atoms with van der Waals surface area (Å²) in [5, 5.41) is 13.7. The van der Waals surface area contributed by atoms with Gasteiger partial charge in [-0.3, -0.25) is 0 Å². The third kappa shape index (κ3) is 3.69. The zero-order valence-electron chi connectivity index (χ0n) is 10.4. The summed E-state index contributed by atoms with van der Waals surface area (Å²) in [6, 6.07) is 10.3. The molecule has 1 aromatic rings. The number of piperidine rings is 1. The third-order valence-electron chi connectivity index (χ3n) is 3.27. The van der Waals surface area contributed by atoms with Crippen LogP contribution in [0.15, 0.2) is 35.9 Å². The van der Waals surface area contributed by atoms with Crippen LogP contribution in [-0.2, 0) is 0 Å². The molecule has 92 valence electrons. The van der Waals surface area contributed by atoms with E-state index in [1.165, 1.54) is 11.1 Å². The van der Waals surface area contributed by atoms with E-state index in [1.807, 2.05) is 18.2 Å². The minimum Gasteiger partial charge on any atom is -0.388 e. The smallest absolute Gasteiger partial charge is 0.0808 e. The largest absolute Gasteiger partial charge is 0.388 e. The Morgan fingerprint density at radius 2 is 2.18 bits per heavy atom. The summed E-state index contributed by atoms with van der Waals surface area (Å²) in [6.07, 6.45) is 4.89. The van der Waals surface area contributed by atoms with Crippen LogP contribution < -0.4 is 5.32 Å². The highest BCUT2D eigenvalue weighted by Crippen LogP contribution is 2.24. The summed E-state index contributed by atoms with van der Waals surface area (Å²) in [6.45, 7) is 3.84. The lowest BCUT2D eigenvalue weighted by atomic mass is 9.87. The van der Waals surface area contributed by atoms with Gasteiger partial charge >= 0.3 is 0 Å². The first-order valence-electron chi connectivity index (χ1n) is 6.33. The molecule has 17 heavy (non-hydrogen) atoms. The summed E-state index contributed by atoms with van der Waals surface area (Å²) >= 11 is 0. The van der Waals surface area contributed by atoms with Crippen molar-refractivity contribution in [3.8, 4) is 0 Å². The van der Waals surface area contributed by atoms with Crippen LogP contribution in [0, 0.1) is 0 Å². The van der Waals surface area contributed by atoms with E-state index < -0.39 is 5.60 Å². The summed E-state index contributed by atoms with van der Waals surface area (Å²) in [5.41, 5.74) is 1.90. The minimum absolute atomic E-state index is 0.548. The highest BCUT2D eigenvalue weighted by Gasteiger charge is 2.28. The van der Waals surface area contributed by atoms with Gasteiger partial charge in [0.2, 0.25) is 0 Å². The number of hydrogen-bond acceptors (Lipinski definition) is 2. The Kier molecular flexibility index (Phi) is 3.97. The summed E-state index contributed by atoms with van der Waals surface area (Å²) < 4.78 is 0. The predicted octanol–water partition coefficient (Wildman–Crippen LogP) is 2.59. The molecule has 2 rings (SSSR count). The van der Waals surface area contributed by atoms with Crippen LogP contribution in [0.4, 0.5) is 0 Å². The second-order valence-electron chi connectivity index (χ2n) is 5.08. The third-order valence-corrected chi connectivity index (χ3v) is 3.27. The molecule has 1 aliphatic rings. The number of hydrogen-bond donors (Lipinski definition) is 2. The Balaban J connectivity index is 2.01. The van der Waals surface area contributed by atoms with E-state index in [9.17, 15) is 5.11 Å². The van der Waals surface area contributed by atoms with E-state index in [-0.39, 0.29) is 0 Å². The molecule has 0 radical (unpaired) electrons. The second-order valence-corrected chi connectivity index (χ2v) is 5.08. The van der Waals surface area contributed by atoms with Gasteiger partial charge in [-0.25, -0.2) is 0 Å². The van der Waals surface area contributed by atoms with E-state index in [2.05, 4.69) is 30.4 Å². The highest BCUT2D eigenvalue weighted by atomic mass is 16.3. The summed E-state index contributed by atoms with van der Waals surface area (Å²) in [4.78, 5) is 0. The standard InChI is InChI=1S/C15H21NO/c1-13(10-14-6-3-2-4-7-14)11-15(17)8-5-9-16-12-15/h2-4,6-7,10,16-17H,5,8-9,11-12H2,1H3/b13-10+. The van der Waals surface area contributed by atoms with Crippen molar-refractivity contribution in [2.24, 2.45) is 0 Å². The van der Waals surface area contributed by atoms with Gasteiger partial charge in [-0.15, -0.1) is 0 Å². The lowest BCUT2D eigenvalue weighted by Gasteiger charge is -2.33. The minimum atomic E-state index is -0.548. The van der Waals surface area contributed by atoms with Gasteiger partial charge in [0.05, 0.1) is 5.60 Å². The topological polar surface area (TPSA) is 32.3 Å². The van der Waals surface area contributed by atoms with E-state index in [1.54, 1.807) is 0 Å². The van der Waals surface area contributed by atoms with E-state index in [4.69, 9.17) is 0 Å². The average molecular weight is 231 g/mol. The normalized spacial score (nSPS) is 25.9. The molecule has 1 aliphatic heterocycles. The molecule has 1 heterocycles. The van der Waals surface area contributed by atoms with Crippen LogP contribution >= 0.6 is 0 Å². The SMILES string of the molecule is C/C(=C\c1ccccc1)CC1(O)CCCNC1. The Morgan fingerprint density at radius 1 is 1.41 bits per heavy atom. The van der Waals surface area contributed by atoms with Gasteiger partial charge in [0.15, 0.2) is 0 Å². The van der Waals surface area contributed by atoms with Gasteiger partial charge in [0.1, 0.15) is 0 Å². The van der Waals surface area contributed by atoms with Crippen molar-refractivity contribution in [2.75, 3.05) is 13.1 Å². The quantitative estimate of drug-likeness (QED) is 0.838.